The molecular weight excluding hydrogens is 426 g/mol. The van der Waals surface area contributed by atoms with E-state index in [9.17, 15) is 18.0 Å². The minimum absolute atomic E-state index is 0.0596. The maximum absolute atomic E-state index is 13.0. The van der Waals surface area contributed by atoms with Gasteiger partial charge in [-0.2, -0.15) is 4.31 Å². The van der Waals surface area contributed by atoms with Gasteiger partial charge in [0.25, 0.3) is 0 Å². The molecule has 0 aliphatic carbocycles. The lowest BCUT2D eigenvalue weighted by molar-refractivity contribution is -0.129. The number of nitrogens with one attached hydrogen (secondary N) is 1. The van der Waals surface area contributed by atoms with Crippen LogP contribution in [0, 0.1) is 0 Å². The largest absolute Gasteiger partial charge is 0.326 e. The van der Waals surface area contributed by atoms with Gasteiger partial charge >= 0.3 is 0 Å². The van der Waals surface area contributed by atoms with Crippen LogP contribution in [0.3, 0.4) is 0 Å². The van der Waals surface area contributed by atoms with E-state index in [1.165, 1.54) is 17.3 Å². The second-order valence-electron chi connectivity index (χ2n) is 8.13. The molecule has 1 saturated heterocycles. The number of hydrogen-bond donors (Lipinski definition) is 1. The molecule has 0 bridgehead atoms. The lowest BCUT2D eigenvalue weighted by Gasteiger charge is -2.32. The van der Waals surface area contributed by atoms with Gasteiger partial charge in [-0.25, -0.2) is 8.42 Å². The van der Waals surface area contributed by atoms with E-state index in [0.717, 1.165) is 30.4 Å². The summed E-state index contributed by atoms with van der Waals surface area (Å²) in [6, 6.07) is 13.6. The van der Waals surface area contributed by atoms with Crippen molar-refractivity contribution in [2.45, 2.75) is 43.5 Å². The number of hydrogen-bond acceptors (Lipinski definition) is 4. The summed E-state index contributed by atoms with van der Waals surface area (Å²) in [5.74, 6) is -0.443. The zero-order valence-corrected chi connectivity index (χ0v) is 18.8. The van der Waals surface area contributed by atoms with Gasteiger partial charge in [-0.3, -0.25) is 9.59 Å². The number of amides is 2. The van der Waals surface area contributed by atoms with Crippen molar-refractivity contribution in [2.75, 3.05) is 18.4 Å². The van der Waals surface area contributed by atoms with Crippen LogP contribution in [0.4, 0.5) is 5.69 Å². The van der Waals surface area contributed by atoms with E-state index in [1.54, 1.807) is 29.3 Å². The molecule has 1 N–H and O–H groups in total. The molecule has 1 atom stereocenters. The molecule has 2 aliphatic rings. The first-order valence-corrected chi connectivity index (χ1v) is 12.3. The zero-order valence-electron chi connectivity index (χ0n) is 18.0. The van der Waals surface area contributed by atoms with Crippen LogP contribution in [-0.2, 0) is 19.6 Å². The van der Waals surface area contributed by atoms with Crippen molar-refractivity contribution in [1.29, 1.82) is 0 Å². The van der Waals surface area contributed by atoms with Gasteiger partial charge < -0.3 is 10.2 Å². The molecule has 0 unspecified atom stereocenters. The number of fused-ring (bicyclic) bond motifs is 1. The second kappa shape index (κ2) is 9.26. The third kappa shape index (κ3) is 4.61. The van der Waals surface area contributed by atoms with Gasteiger partial charge in [0.15, 0.2) is 0 Å². The fraction of sp³-hybridized carbons (Fsp3) is 0.333. The van der Waals surface area contributed by atoms with E-state index >= 15 is 0 Å². The van der Waals surface area contributed by atoms with Crippen molar-refractivity contribution in [3.63, 3.8) is 0 Å². The molecule has 168 valence electrons. The van der Waals surface area contributed by atoms with Crippen LogP contribution >= 0.6 is 0 Å². The molecule has 1 fully saturated rings. The molecule has 2 aromatic rings. The van der Waals surface area contributed by atoms with Crippen LogP contribution in [0.5, 0.6) is 0 Å². The van der Waals surface area contributed by atoms with E-state index in [4.69, 9.17) is 0 Å². The minimum Gasteiger partial charge on any atom is -0.326 e. The molecule has 8 heteroatoms. The van der Waals surface area contributed by atoms with Crippen molar-refractivity contribution in [3.05, 3.63) is 65.9 Å². The highest BCUT2D eigenvalue weighted by molar-refractivity contribution is 7.89. The first-order chi connectivity index (χ1) is 15.4. The van der Waals surface area contributed by atoms with E-state index in [1.807, 2.05) is 30.3 Å². The normalized spacial score (nSPS) is 18.8. The molecule has 2 aliphatic heterocycles. The smallest absolute Gasteiger partial charge is 0.243 e. The Hall–Kier alpha value is -2.97. The molecule has 2 amide bonds. The fourth-order valence-corrected chi connectivity index (χ4v) is 5.85. The van der Waals surface area contributed by atoms with Gasteiger partial charge in [0.1, 0.15) is 0 Å². The van der Waals surface area contributed by atoms with Gasteiger partial charge in [0.05, 0.1) is 17.4 Å². The fourth-order valence-electron chi connectivity index (χ4n) is 4.29. The predicted octanol–water partition coefficient (Wildman–Crippen LogP) is 3.76. The molecule has 2 aromatic carbocycles. The number of benzene rings is 2. The van der Waals surface area contributed by atoms with Crippen LogP contribution in [0.1, 0.15) is 49.8 Å². The predicted molar refractivity (Wildman–Crippen MR) is 123 cm³/mol. The third-order valence-electron chi connectivity index (χ3n) is 5.92. The number of sulfonamides is 1. The Balaban J connectivity index is 1.51. The van der Waals surface area contributed by atoms with Gasteiger partial charge in [0.2, 0.25) is 21.8 Å². The summed E-state index contributed by atoms with van der Waals surface area (Å²) in [7, 11) is -3.59. The highest BCUT2D eigenvalue weighted by Crippen LogP contribution is 2.33. The molecule has 2 heterocycles. The second-order valence-corrected chi connectivity index (χ2v) is 10.1. The number of carbonyl (C=O) groups excluding carboxylic acids is 2. The van der Waals surface area contributed by atoms with Crippen LogP contribution < -0.4 is 5.32 Å². The maximum Gasteiger partial charge on any atom is 0.243 e. The Labute approximate surface area is 188 Å². The monoisotopic (exact) mass is 453 g/mol. The van der Waals surface area contributed by atoms with Crippen molar-refractivity contribution in [3.8, 4) is 0 Å². The highest BCUT2D eigenvalue weighted by atomic mass is 32.2. The number of nitrogens with zero attached hydrogens (tertiary/aromatic N) is 2. The lowest BCUT2D eigenvalue weighted by Crippen LogP contribution is -2.35. The van der Waals surface area contributed by atoms with E-state index < -0.39 is 16.1 Å². The first-order valence-electron chi connectivity index (χ1n) is 10.8. The Morgan fingerprint density at radius 1 is 1.03 bits per heavy atom. The Morgan fingerprint density at radius 2 is 1.78 bits per heavy atom. The average molecular weight is 454 g/mol. The SMILES string of the molecule is CC(=O)N1C=Cc2ccccc2[C@@H]1CC(=O)Nc1cccc(S(=O)(=O)N2CCCCC2)c1. The van der Waals surface area contributed by atoms with Crippen LogP contribution in [0.25, 0.3) is 6.08 Å². The molecule has 4 rings (SSSR count). The summed E-state index contributed by atoms with van der Waals surface area (Å²) in [6.45, 7) is 2.51. The van der Waals surface area contributed by atoms with Gasteiger partial charge in [-0.15, -0.1) is 0 Å². The van der Waals surface area contributed by atoms with Crippen LogP contribution in [0.2, 0.25) is 0 Å². The van der Waals surface area contributed by atoms with Crippen molar-refractivity contribution in [1.82, 2.24) is 9.21 Å². The highest BCUT2D eigenvalue weighted by Gasteiger charge is 2.29. The molecule has 0 aromatic heterocycles. The lowest BCUT2D eigenvalue weighted by atomic mass is 9.93. The Morgan fingerprint density at radius 3 is 2.53 bits per heavy atom. The molecule has 0 spiro atoms. The molecule has 0 radical (unpaired) electrons. The summed E-state index contributed by atoms with van der Waals surface area (Å²) in [5, 5.41) is 2.81. The number of anilines is 1. The Kier molecular flexibility index (Phi) is 6.43. The standard InChI is InChI=1S/C24H27N3O4S/c1-18(28)27-15-12-19-8-3-4-11-22(19)23(27)17-24(29)25-20-9-7-10-21(16-20)32(30,31)26-13-5-2-6-14-26/h3-4,7-12,15-16,23H,2,5-6,13-14,17H2,1H3,(H,25,29)/t23-/m0/s1. The quantitative estimate of drug-likeness (QED) is 0.747. The zero-order chi connectivity index (χ0) is 22.7. The topological polar surface area (TPSA) is 86.8 Å². The molecule has 7 nitrogen and oxygen atoms in total. The number of rotatable bonds is 5. The average Bonchev–Trinajstić information content (AvgIpc) is 2.80. The molecule has 32 heavy (non-hydrogen) atoms. The minimum atomic E-state index is -3.59. The van der Waals surface area contributed by atoms with Crippen molar-refractivity contribution in [2.24, 2.45) is 0 Å². The van der Waals surface area contributed by atoms with Gasteiger partial charge in [-0.05, 0) is 48.2 Å². The van der Waals surface area contributed by atoms with E-state index in [2.05, 4.69) is 5.32 Å². The summed E-state index contributed by atoms with van der Waals surface area (Å²) in [4.78, 5) is 26.8. The van der Waals surface area contributed by atoms with Crippen molar-refractivity contribution >= 4 is 33.6 Å². The van der Waals surface area contributed by atoms with Crippen molar-refractivity contribution < 1.29 is 18.0 Å². The van der Waals surface area contributed by atoms with Crippen LogP contribution in [0.15, 0.2) is 59.6 Å². The number of piperidine rings is 1. The molecule has 0 saturated carbocycles. The maximum atomic E-state index is 13.0. The van der Waals surface area contributed by atoms with E-state index in [0.29, 0.717) is 18.8 Å². The summed E-state index contributed by atoms with van der Waals surface area (Å²) >= 11 is 0. The summed E-state index contributed by atoms with van der Waals surface area (Å²) in [5.41, 5.74) is 2.29. The third-order valence-corrected chi connectivity index (χ3v) is 7.81. The number of carbonyl (C=O) groups is 2. The van der Waals surface area contributed by atoms with Gasteiger partial charge in [-0.1, -0.05) is 36.8 Å². The Bertz CT molecular complexity index is 1150. The first kappa shape index (κ1) is 22.2. The van der Waals surface area contributed by atoms with Gasteiger partial charge in [0, 0.05) is 31.9 Å². The van der Waals surface area contributed by atoms with Crippen LogP contribution in [-0.4, -0.2) is 42.5 Å². The molecular formula is C24H27N3O4S. The summed E-state index contributed by atoms with van der Waals surface area (Å²) in [6.07, 6.45) is 6.39. The summed E-state index contributed by atoms with van der Waals surface area (Å²) < 4.78 is 27.4. The van der Waals surface area contributed by atoms with E-state index in [-0.39, 0.29) is 23.1 Å².